The van der Waals surface area contributed by atoms with Crippen molar-refractivity contribution in [2.75, 3.05) is 13.2 Å². The third-order valence-corrected chi connectivity index (χ3v) is 2.02. The molecule has 15 heavy (non-hydrogen) atoms. The lowest BCUT2D eigenvalue weighted by molar-refractivity contribution is 0.0526. The van der Waals surface area contributed by atoms with E-state index in [1.54, 1.807) is 19.1 Å². The highest BCUT2D eigenvalue weighted by Gasteiger charge is 2.04. The van der Waals surface area contributed by atoms with Gasteiger partial charge in [-0.2, -0.15) is 0 Å². The van der Waals surface area contributed by atoms with Crippen molar-refractivity contribution in [2.45, 2.75) is 13.3 Å². The molecule has 0 aromatic heterocycles. The Balaban J connectivity index is 2.59. The van der Waals surface area contributed by atoms with Crippen molar-refractivity contribution >= 4 is 5.97 Å². The molecule has 1 aromatic carbocycles. The first kappa shape index (κ1) is 11.7. The van der Waals surface area contributed by atoms with Gasteiger partial charge in [-0.25, -0.2) is 4.79 Å². The Morgan fingerprint density at radius 1 is 1.40 bits per heavy atom. The van der Waals surface area contributed by atoms with E-state index in [-0.39, 0.29) is 5.97 Å². The smallest absolute Gasteiger partial charge is 0.338 e. The topological polar surface area (TPSA) is 64.3 Å². The van der Waals surface area contributed by atoms with Crippen molar-refractivity contribution in [3.8, 4) is 0 Å². The maximum atomic E-state index is 11.3. The van der Waals surface area contributed by atoms with Crippen LogP contribution in [0.3, 0.4) is 0 Å². The molecule has 0 saturated heterocycles. The van der Waals surface area contributed by atoms with Gasteiger partial charge in [0.2, 0.25) is 0 Å². The third kappa shape index (κ3) is 3.69. The molecule has 1 aromatic rings. The van der Waals surface area contributed by atoms with Gasteiger partial charge in [-0.05, 0) is 31.0 Å². The second-order valence-electron chi connectivity index (χ2n) is 3.12. The number of rotatable bonds is 5. The highest BCUT2D eigenvalue weighted by atomic mass is 16.5. The quantitative estimate of drug-likeness (QED) is 0.428. The molecular formula is C11H16N2O2. The van der Waals surface area contributed by atoms with Crippen molar-refractivity contribution in [2.24, 2.45) is 5.84 Å². The zero-order chi connectivity index (χ0) is 11.1. The molecular weight excluding hydrogens is 192 g/mol. The SMILES string of the molecule is CCOC(=O)c1ccc(CCNN)cc1. The molecule has 0 saturated carbocycles. The highest BCUT2D eigenvalue weighted by Crippen LogP contribution is 2.06. The summed E-state index contributed by atoms with van der Waals surface area (Å²) in [4.78, 5) is 11.3. The number of nitrogens with two attached hydrogens (primary N) is 1. The minimum atomic E-state index is -0.277. The van der Waals surface area contributed by atoms with Crippen LogP contribution in [0, 0.1) is 0 Å². The van der Waals surface area contributed by atoms with E-state index in [4.69, 9.17) is 10.6 Å². The first-order valence-electron chi connectivity index (χ1n) is 4.97. The fourth-order valence-electron chi connectivity index (χ4n) is 1.24. The van der Waals surface area contributed by atoms with Gasteiger partial charge in [-0.3, -0.25) is 11.3 Å². The van der Waals surface area contributed by atoms with Crippen LogP contribution in [0.1, 0.15) is 22.8 Å². The minimum absolute atomic E-state index is 0.277. The highest BCUT2D eigenvalue weighted by molar-refractivity contribution is 5.89. The van der Waals surface area contributed by atoms with Crippen molar-refractivity contribution in [1.29, 1.82) is 0 Å². The molecule has 0 aliphatic rings. The molecule has 82 valence electrons. The molecule has 0 aliphatic heterocycles. The summed E-state index contributed by atoms with van der Waals surface area (Å²) in [7, 11) is 0. The molecule has 0 atom stereocenters. The summed E-state index contributed by atoms with van der Waals surface area (Å²) in [5, 5.41) is 0. The van der Waals surface area contributed by atoms with Crippen LogP contribution in [0.4, 0.5) is 0 Å². The van der Waals surface area contributed by atoms with Gasteiger partial charge in [0.1, 0.15) is 0 Å². The summed E-state index contributed by atoms with van der Waals surface area (Å²) in [6.07, 6.45) is 0.847. The van der Waals surface area contributed by atoms with Crippen molar-refractivity contribution in [3.05, 3.63) is 35.4 Å². The standard InChI is InChI=1S/C11H16N2O2/c1-2-15-11(14)10-5-3-9(4-6-10)7-8-13-12/h3-6,13H,2,7-8,12H2,1H3. The Labute approximate surface area is 89.4 Å². The van der Waals surface area contributed by atoms with Gasteiger partial charge < -0.3 is 4.74 Å². The lowest BCUT2D eigenvalue weighted by Crippen LogP contribution is -2.24. The Morgan fingerprint density at radius 3 is 2.60 bits per heavy atom. The van der Waals surface area contributed by atoms with E-state index in [2.05, 4.69) is 5.43 Å². The van der Waals surface area contributed by atoms with Crippen LogP contribution in [0.5, 0.6) is 0 Å². The molecule has 0 heterocycles. The normalized spacial score (nSPS) is 10.0. The van der Waals surface area contributed by atoms with Gasteiger partial charge in [0, 0.05) is 6.54 Å². The van der Waals surface area contributed by atoms with Crippen LogP contribution in [-0.2, 0) is 11.2 Å². The summed E-state index contributed by atoms with van der Waals surface area (Å²) in [5.74, 6) is 4.89. The molecule has 0 amide bonds. The van der Waals surface area contributed by atoms with E-state index < -0.39 is 0 Å². The maximum Gasteiger partial charge on any atom is 0.338 e. The first-order chi connectivity index (χ1) is 7.27. The summed E-state index contributed by atoms with van der Waals surface area (Å²) >= 11 is 0. The number of hydrazine groups is 1. The van der Waals surface area contributed by atoms with E-state index in [0.29, 0.717) is 12.2 Å². The number of hydrogen-bond donors (Lipinski definition) is 2. The van der Waals surface area contributed by atoms with E-state index in [0.717, 1.165) is 18.5 Å². The average molecular weight is 208 g/mol. The van der Waals surface area contributed by atoms with E-state index in [9.17, 15) is 4.79 Å². The number of nitrogens with one attached hydrogen (secondary N) is 1. The molecule has 0 aliphatic carbocycles. The molecule has 3 N–H and O–H groups in total. The zero-order valence-electron chi connectivity index (χ0n) is 8.82. The Hall–Kier alpha value is -1.39. The van der Waals surface area contributed by atoms with Gasteiger partial charge in [0.05, 0.1) is 12.2 Å². The van der Waals surface area contributed by atoms with E-state index in [1.807, 2.05) is 12.1 Å². The predicted molar refractivity (Wildman–Crippen MR) is 58.3 cm³/mol. The van der Waals surface area contributed by atoms with Crippen molar-refractivity contribution in [3.63, 3.8) is 0 Å². The molecule has 1 rings (SSSR count). The number of carbonyl (C=O) groups excluding carboxylic acids is 1. The second-order valence-corrected chi connectivity index (χ2v) is 3.12. The largest absolute Gasteiger partial charge is 0.462 e. The molecule has 0 fully saturated rings. The van der Waals surface area contributed by atoms with Crippen LogP contribution >= 0.6 is 0 Å². The summed E-state index contributed by atoms with van der Waals surface area (Å²) < 4.78 is 4.88. The molecule has 0 radical (unpaired) electrons. The zero-order valence-corrected chi connectivity index (χ0v) is 8.82. The Morgan fingerprint density at radius 2 is 2.07 bits per heavy atom. The molecule has 0 bridgehead atoms. The monoisotopic (exact) mass is 208 g/mol. The van der Waals surface area contributed by atoms with Gasteiger partial charge >= 0.3 is 5.97 Å². The van der Waals surface area contributed by atoms with Crippen LogP contribution in [0.15, 0.2) is 24.3 Å². The van der Waals surface area contributed by atoms with Gasteiger partial charge in [-0.1, -0.05) is 12.1 Å². The van der Waals surface area contributed by atoms with Crippen LogP contribution in [0.2, 0.25) is 0 Å². The average Bonchev–Trinajstić information content (AvgIpc) is 2.27. The Kier molecular flexibility index (Phi) is 4.80. The number of esters is 1. The number of hydrogen-bond acceptors (Lipinski definition) is 4. The molecule has 0 unspecified atom stereocenters. The number of carbonyl (C=O) groups is 1. The lowest BCUT2D eigenvalue weighted by Gasteiger charge is -2.03. The van der Waals surface area contributed by atoms with Crippen molar-refractivity contribution in [1.82, 2.24) is 5.43 Å². The third-order valence-electron chi connectivity index (χ3n) is 2.02. The maximum absolute atomic E-state index is 11.3. The van der Waals surface area contributed by atoms with Crippen LogP contribution in [-0.4, -0.2) is 19.1 Å². The van der Waals surface area contributed by atoms with Gasteiger partial charge in [0.25, 0.3) is 0 Å². The number of benzene rings is 1. The lowest BCUT2D eigenvalue weighted by atomic mass is 10.1. The van der Waals surface area contributed by atoms with E-state index in [1.165, 1.54) is 0 Å². The second kappa shape index (κ2) is 6.16. The Bertz CT molecular complexity index is 309. The van der Waals surface area contributed by atoms with Gasteiger partial charge in [-0.15, -0.1) is 0 Å². The fraction of sp³-hybridized carbons (Fsp3) is 0.364. The van der Waals surface area contributed by atoms with Gasteiger partial charge in [0.15, 0.2) is 0 Å². The summed E-state index contributed by atoms with van der Waals surface area (Å²) in [6, 6.07) is 7.35. The molecule has 4 nitrogen and oxygen atoms in total. The first-order valence-corrected chi connectivity index (χ1v) is 4.97. The predicted octanol–water partition coefficient (Wildman–Crippen LogP) is 0.869. The summed E-state index contributed by atoms with van der Waals surface area (Å²) in [5.41, 5.74) is 4.31. The van der Waals surface area contributed by atoms with E-state index >= 15 is 0 Å². The van der Waals surface area contributed by atoms with Crippen LogP contribution in [0.25, 0.3) is 0 Å². The minimum Gasteiger partial charge on any atom is -0.462 e. The molecule has 0 spiro atoms. The van der Waals surface area contributed by atoms with Crippen molar-refractivity contribution < 1.29 is 9.53 Å². The van der Waals surface area contributed by atoms with Crippen LogP contribution < -0.4 is 11.3 Å². The number of ether oxygens (including phenoxy) is 1. The summed E-state index contributed by atoms with van der Waals surface area (Å²) in [6.45, 7) is 2.91. The molecule has 4 heteroatoms. The fourth-order valence-corrected chi connectivity index (χ4v) is 1.24.